The van der Waals surface area contributed by atoms with Crippen LogP contribution in [0.1, 0.15) is 116 Å². The zero-order valence-electron chi connectivity index (χ0n) is 15.5. The Balaban J connectivity index is 3.11. The van der Waals surface area contributed by atoms with Crippen molar-refractivity contribution in [3.05, 3.63) is 0 Å². The molecular formula is C20H44N2. The second-order valence-corrected chi connectivity index (χ2v) is 7.08. The molecule has 1 unspecified atom stereocenters. The average molecular weight is 313 g/mol. The molecule has 0 aliphatic carbocycles. The standard InChI is InChI=1S/C20H44N2/c1-2-3-4-5-6-7-8-11-14-17-20(22)18-15-12-9-10-13-16-19-21/h20H,2-19,21-22H2,1H3. The highest BCUT2D eigenvalue weighted by Gasteiger charge is 2.02. The van der Waals surface area contributed by atoms with Crippen molar-refractivity contribution in [1.29, 1.82) is 0 Å². The number of hydrogen-bond donors (Lipinski definition) is 2. The molecule has 0 aromatic heterocycles. The Hall–Kier alpha value is -0.0800. The molecule has 0 radical (unpaired) electrons. The summed E-state index contributed by atoms with van der Waals surface area (Å²) in [6.45, 7) is 3.13. The van der Waals surface area contributed by atoms with Crippen LogP contribution in [0.4, 0.5) is 0 Å². The van der Waals surface area contributed by atoms with E-state index < -0.39 is 0 Å². The molecule has 134 valence electrons. The normalized spacial score (nSPS) is 12.7. The van der Waals surface area contributed by atoms with Crippen LogP contribution in [-0.4, -0.2) is 12.6 Å². The van der Waals surface area contributed by atoms with Gasteiger partial charge in [0.2, 0.25) is 0 Å². The van der Waals surface area contributed by atoms with Crippen molar-refractivity contribution in [2.75, 3.05) is 6.54 Å². The van der Waals surface area contributed by atoms with Crippen molar-refractivity contribution in [2.45, 2.75) is 122 Å². The highest BCUT2D eigenvalue weighted by molar-refractivity contribution is 4.62. The highest BCUT2D eigenvalue weighted by atomic mass is 14.6. The van der Waals surface area contributed by atoms with Gasteiger partial charge in [0, 0.05) is 6.04 Å². The summed E-state index contributed by atoms with van der Waals surface area (Å²) in [7, 11) is 0. The third-order valence-electron chi connectivity index (χ3n) is 4.71. The number of unbranched alkanes of at least 4 members (excludes halogenated alkanes) is 13. The van der Waals surface area contributed by atoms with E-state index in [9.17, 15) is 0 Å². The van der Waals surface area contributed by atoms with E-state index >= 15 is 0 Å². The molecule has 2 nitrogen and oxygen atoms in total. The van der Waals surface area contributed by atoms with E-state index in [4.69, 9.17) is 11.5 Å². The van der Waals surface area contributed by atoms with Gasteiger partial charge in [-0.05, 0) is 25.8 Å². The molecule has 0 amide bonds. The Morgan fingerprint density at radius 3 is 1.32 bits per heavy atom. The summed E-state index contributed by atoms with van der Waals surface area (Å²) in [6.07, 6.45) is 23.0. The predicted octanol–water partition coefficient (Wildman–Crippen LogP) is 5.92. The quantitative estimate of drug-likeness (QED) is 0.308. The van der Waals surface area contributed by atoms with E-state index in [2.05, 4.69) is 6.92 Å². The van der Waals surface area contributed by atoms with E-state index in [1.165, 1.54) is 109 Å². The summed E-state index contributed by atoms with van der Waals surface area (Å²) in [5.41, 5.74) is 11.7. The Morgan fingerprint density at radius 1 is 0.545 bits per heavy atom. The van der Waals surface area contributed by atoms with Gasteiger partial charge in [0.25, 0.3) is 0 Å². The van der Waals surface area contributed by atoms with E-state index in [0.717, 1.165) is 6.54 Å². The van der Waals surface area contributed by atoms with Gasteiger partial charge in [-0.1, -0.05) is 96.8 Å². The molecule has 0 aromatic carbocycles. The molecule has 0 aliphatic rings. The second-order valence-electron chi connectivity index (χ2n) is 7.08. The van der Waals surface area contributed by atoms with Crippen molar-refractivity contribution in [2.24, 2.45) is 11.5 Å². The van der Waals surface area contributed by atoms with Crippen LogP contribution in [0.25, 0.3) is 0 Å². The fraction of sp³-hybridized carbons (Fsp3) is 1.00. The lowest BCUT2D eigenvalue weighted by Gasteiger charge is -2.11. The molecule has 0 aromatic rings. The first-order valence-corrected chi connectivity index (χ1v) is 10.3. The Morgan fingerprint density at radius 2 is 0.909 bits per heavy atom. The molecule has 0 fully saturated rings. The van der Waals surface area contributed by atoms with Crippen LogP contribution >= 0.6 is 0 Å². The van der Waals surface area contributed by atoms with Crippen LogP contribution < -0.4 is 11.5 Å². The van der Waals surface area contributed by atoms with E-state index in [-0.39, 0.29) is 0 Å². The van der Waals surface area contributed by atoms with Gasteiger partial charge in [0.1, 0.15) is 0 Å². The maximum atomic E-state index is 6.22. The third-order valence-corrected chi connectivity index (χ3v) is 4.71. The molecule has 0 rings (SSSR count). The predicted molar refractivity (Wildman–Crippen MR) is 101 cm³/mol. The van der Waals surface area contributed by atoms with Gasteiger partial charge in [-0.25, -0.2) is 0 Å². The Bertz CT molecular complexity index is 194. The van der Waals surface area contributed by atoms with Crippen LogP contribution in [-0.2, 0) is 0 Å². The lowest BCUT2D eigenvalue weighted by Crippen LogP contribution is -2.19. The van der Waals surface area contributed by atoms with Gasteiger partial charge in [-0.3, -0.25) is 0 Å². The number of hydrogen-bond acceptors (Lipinski definition) is 2. The summed E-state index contributed by atoms with van der Waals surface area (Å²) in [5.74, 6) is 0. The van der Waals surface area contributed by atoms with Gasteiger partial charge in [-0.15, -0.1) is 0 Å². The molecule has 0 spiro atoms. The van der Waals surface area contributed by atoms with E-state index in [1.807, 2.05) is 0 Å². The minimum Gasteiger partial charge on any atom is -0.330 e. The van der Waals surface area contributed by atoms with Gasteiger partial charge < -0.3 is 11.5 Å². The fourth-order valence-electron chi connectivity index (χ4n) is 3.12. The Labute approximate surface area is 140 Å². The van der Waals surface area contributed by atoms with Gasteiger partial charge >= 0.3 is 0 Å². The minimum absolute atomic E-state index is 0.452. The van der Waals surface area contributed by atoms with Crippen molar-refractivity contribution >= 4 is 0 Å². The second kappa shape index (κ2) is 19.0. The first-order valence-electron chi connectivity index (χ1n) is 10.3. The van der Waals surface area contributed by atoms with Gasteiger partial charge in [0.15, 0.2) is 0 Å². The topological polar surface area (TPSA) is 52.0 Å². The van der Waals surface area contributed by atoms with Gasteiger partial charge in [0.05, 0.1) is 0 Å². The summed E-state index contributed by atoms with van der Waals surface area (Å²) in [5, 5.41) is 0. The van der Waals surface area contributed by atoms with Crippen molar-refractivity contribution in [3.63, 3.8) is 0 Å². The molecule has 22 heavy (non-hydrogen) atoms. The summed E-state index contributed by atoms with van der Waals surface area (Å²) < 4.78 is 0. The molecule has 0 saturated heterocycles. The molecule has 0 bridgehead atoms. The molecule has 0 saturated carbocycles. The molecule has 4 N–H and O–H groups in total. The largest absolute Gasteiger partial charge is 0.330 e. The lowest BCUT2D eigenvalue weighted by atomic mass is 10.0. The van der Waals surface area contributed by atoms with Crippen molar-refractivity contribution in [1.82, 2.24) is 0 Å². The summed E-state index contributed by atoms with van der Waals surface area (Å²) in [6, 6.07) is 0.452. The lowest BCUT2D eigenvalue weighted by molar-refractivity contribution is 0.481. The average Bonchev–Trinajstić information content (AvgIpc) is 2.52. The first kappa shape index (κ1) is 21.9. The monoisotopic (exact) mass is 312 g/mol. The molecule has 0 aliphatic heterocycles. The first-order chi connectivity index (χ1) is 10.8. The van der Waals surface area contributed by atoms with Crippen molar-refractivity contribution in [3.8, 4) is 0 Å². The van der Waals surface area contributed by atoms with Crippen molar-refractivity contribution < 1.29 is 0 Å². The zero-order valence-corrected chi connectivity index (χ0v) is 15.5. The molecule has 1 atom stereocenters. The molecule has 0 heterocycles. The highest BCUT2D eigenvalue weighted by Crippen LogP contribution is 2.13. The maximum Gasteiger partial charge on any atom is 0.00388 e. The van der Waals surface area contributed by atoms with Crippen LogP contribution in [0.15, 0.2) is 0 Å². The SMILES string of the molecule is CCCCCCCCCCCC(N)CCCCCCCCN. The van der Waals surface area contributed by atoms with Crippen LogP contribution in [0, 0.1) is 0 Å². The molecule has 2 heteroatoms. The van der Waals surface area contributed by atoms with E-state index in [0.29, 0.717) is 6.04 Å². The van der Waals surface area contributed by atoms with E-state index in [1.54, 1.807) is 0 Å². The van der Waals surface area contributed by atoms with Crippen LogP contribution in [0.3, 0.4) is 0 Å². The number of rotatable bonds is 18. The third kappa shape index (κ3) is 18.0. The van der Waals surface area contributed by atoms with Crippen LogP contribution in [0.5, 0.6) is 0 Å². The maximum absolute atomic E-state index is 6.22. The summed E-state index contributed by atoms with van der Waals surface area (Å²) in [4.78, 5) is 0. The fourth-order valence-corrected chi connectivity index (χ4v) is 3.12. The summed E-state index contributed by atoms with van der Waals surface area (Å²) >= 11 is 0. The van der Waals surface area contributed by atoms with Gasteiger partial charge in [-0.2, -0.15) is 0 Å². The zero-order chi connectivity index (χ0) is 16.3. The number of nitrogens with two attached hydrogens (primary N) is 2. The molecular weight excluding hydrogens is 268 g/mol. The Kier molecular flexibility index (Phi) is 18.9. The smallest absolute Gasteiger partial charge is 0.00388 e. The minimum atomic E-state index is 0.452. The van der Waals surface area contributed by atoms with Crippen LogP contribution in [0.2, 0.25) is 0 Å².